The van der Waals surface area contributed by atoms with Crippen LogP contribution in [0.5, 0.6) is 0 Å². The Balaban J connectivity index is 1.26. The van der Waals surface area contributed by atoms with Gasteiger partial charge in [0.05, 0.1) is 28.4 Å². The van der Waals surface area contributed by atoms with E-state index in [1.807, 2.05) is 0 Å². The second kappa shape index (κ2) is 12.2. The molecule has 1 aromatic heterocycles. The van der Waals surface area contributed by atoms with Crippen molar-refractivity contribution in [2.45, 2.75) is 90.9 Å². The highest BCUT2D eigenvalue weighted by Gasteiger charge is 2.47. The van der Waals surface area contributed by atoms with Crippen LogP contribution in [0.15, 0.2) is 138 Å². The van der Waals surface area contributed by atoms with Gasteiger partial charge in [0, 0.05) is 27.9 Å². The van der Waals surface area contributed by atoms with Gasteiger partial charge in [0.25, 0.3) is 0 Å². The van der Waals surface area contributed by atoms with Crippen LogP contribution >= 0.6 is 0 Å². The molecule has 3 heterocycles. The van der Waals surface area contributed by atoms with E-state index >= 15 is 0 Å². The summed E-state index contributed by atoms with van der Waals surface area (Å²) in [6, 6.07) is 50.4. The summed E-state index contributed by atoms with van der Waals surface area (Å²) in [5.74, 6) is 0.0248. The average molecular weight is 769 g/mol. The van der Waals surface area contributed by atoms with Crippen molar-refractivity contribution in [2.75, 3.05) is 9.80 Å². The van der Waals surface area contributed by atoms with Gasteiger partial charge in [-0.3, -0.25) is 0 Å². The van der Waals surface area contributed by atoms with Crippen LogP contribution < -0.4 is 9.80 Å². The Kier molecular flexibility index (Phi) is 7.48. The fraction of sp³-hybridized carbons (Fsp3) is 0.250. The second-order valence-electron chi connectivity index (χ2n) is 19.9. The van der Waals surface area contributed by atoms with E-state index < -0.39 is 0 Å². The average Bonchev–Trinajstić information content (AvgIpc) is 3.67. The topological polar surface area (TPSA) is 19.6 Å². The SMILES string of the molecule is Cc1cc2c3c(c1)N(c1cccc4c1oc1ccccc14)c1cc4c(cc1C3c1ccc(-c3ccccc3)cc1N2c1ccc(C(C)(C)C)cc1C)C(C)(C)CC4(C)C. The third-order valence-corrected chi connectivity index (χ3v) is 13.7. The molecule has 1 atom stereocenters. The minimum absolute atomic E-state index is 0.0248. The van der Waals surface area contributed by atoms with Gasteiger partial charge >= 0.3 is 0 Å². The molecule has 59 heavy (non-hydrogen) atoms. The largest absolute Gasteiger partial charge is 0.454 e. The van der Waals surface area contributed by atoms with Crippen LogP contribution in [-0.2, 0) is 16.2 Å². The maximum Gasteiger partial charge on any atom is 0.159 e. The lowest BCUT2D eigenvalue weighted by molar-refractivity contribution is 0.403. The van der Waals surface area contributed by atoms with Gasteiger partial charge < -0.3 is 14.2 Å². The minimum atomic E-state index is 0.0248. The zero-order valence-electron chi connectivity index (χ0n) is 35.8. The van der Waals surface area contributed by atoms with Crippen molar-refractivity contribution in [1.29, 1.82) is 0 Å². The number of nitrogens with zero attached hydrogens (tertiary/aromatic N) is 2. The monoisotopic (exact) mass is 768 g/mol. The van der Waals surface area contributed by atoms with Gasteiger partial charge in [-0.15, -0.1) is 0 Å². The number of fused-ring (bicyclic) bond motifs is 8. The first-order valence-electron chi connectivity index (χ1n) is 21.3. The van der Waals surface area contributed by atoms with Crippen molar-refractivity contribution in [3.63, 3.8) is 0 Å². The quantitative estimate of drug-likeness (QED) is 0.178. The molecule has 2 aliphatic heterocycles. The molecule has 0 spiro atoms. The van der Waals surface area contributed by atoms with Crippen LogP contribution in [0.4, 0.5) is 34.1 Å². The normalized spacial score (nSPS) is 17.2. The molecule has 3 nitrogen and oxygen atoms in total. The number of rotatable bonds is 3. The smallest absolute Gasteiger partial charge is 0.159 e. The molecule has 0 saturated heterocycles. The molecule has 3 heteroatoms. The van der Waals surface area contributed by atoms with Crippen molar-refractivity contribution >= 4 is 56.1 Å². The van der Waals surface area contributed by atoms with Gasteiger partial charge in [0.2, 0.25) is 0 Å². The summed E-state index contributed by atoms with van der Waals surface area (Å²) < 4.78 is 6.87. The number of hydrogen-bond donors (Lipinski definition) is 0. The Labute approximate surface area is 348 Å². The molecule has 1 unspecified atom stereocenters. The zero-order chi connectivity index (χ0) is 40.7. The lowest BCUT2D eigenvalue weighted by Gasteiger charge is -2.46. The van der Waals surface area contributed by atoms with Gasteiger partial charge in [-0.25, -0.2) is 0 Å². The molecule has 0 bridgehead atoms. The summed E-state index contributed by atoms with van der Waals surface area (Å²) in [6.07, 6.45) is 1.11. The third kappa shape index (κ3) is 5.26. The Bertz CT molecular complexity index is 3050. The molecule has 1 aliphatic carbocycles. The molecule has 0 N–H and O–H groups in total. The van der Waals surface area contributed by atoms with Crippen LogP contribution in [0.1, 0.15) is 105 Å². The van der Waals surface area contributed by atoms with E-state index in [1.54, 1.807) is 0 Å². The van der Waals surface area contributed by atoms with Crippen LogP contribution in [0.2, 0.25) is 0 Å². The number of hydrogen-bond acceptors (Lipinski definition) is 3. The van der Waals surface area contributed by atoms with E-state index in [2.05, 4.69) is 206 Å². The molecule has 0 amide bonds. The summed E-state index contributed by atoms with van der Waals surface area (Å²) in [5.41, 5.74) is 22.4. The molecule has 0 fully saturated rings. The van der Waals surface area contributed by atoms with Gasteiger partial charge in [-0.1, -0.05) is 139 Å². The first-order chi connectivity index (χ1) is 28.2. The summed E-state index contributed by atoms with van der Waals surface area (Å²) in [4.78, 5) is 5.14. The highest BCUT2D eigenvalue weighted by atomic mass is 16.3. The van der Waals surface area contributed by atoms with Crippen molar-refractivity contribution in [1.82, 2.24) is 0 Å². The highest BCUT2D eigenvalue weighted by molar-refractivity contribution is 6.11. The predicted octanol–water partition coefficient (Wildman–Crippen LogP) is 15.9. The fourth-order valence-electron chi connectivity index (χ4n) is 11.2. The first kappa shape index (κ1) is 36.1. The summed E-state index contributed by atoms with van der Waals surface area (Å²) in [7, 11) is 0. The van der Waals surface area contributed by atoms with E-state index in [0.29, 0.717) is 0 Å². The number of benzene rings is 7. The van der Waals surface area contributed by atoms with E-state index in [1.165, 1.54) is 84.1 Å². The van der Waals surface area contributed by atoms with E-state index in [4.69, 9.17) is 4.42 Å². The Morgan fingerprint density at radius 3 is 1.93 bits per heavy atom. The maximum atomic E-state index is 6.87. The van der Waals surface area contributed by atoms with Gasteiger partial charge in [-0.05, 0) is 129 Å². The van der Waals surface area contributed by atoms with Crippen molar-refractivity contribution in [3.05, 3.63) is 178 Å². The molecule has 0 saturated carbocycles. The number of aryl methyl sites for hydroxylation is 2. The van der Waals surface area contributed by atoms with Crippen molar-refractivity contribution in [2.24, 2.45) is 0 Å². The van der Waals surface area contributed by atoms with Crippen LogP contribution in [-0.4, -0.2) is 0 Å². The molecular weight excluding hydrogens is 717 g/mol. The molecule has 7 aromatic carbocycles. The standard InChI is InChI=1S/C56H52N2O/c1-33-26-48-52-49(27-33)58(45-20-15-19-39-38-18-13-14-21-50(38)59-53(39)45)47-31-43-42(55(6,7)32-56(43,8)9)30-41(47)51(52)40-24-22-36(35-16-11-10-12-17-35)29-46(40)57(48)44-25-23-37(28-34(44)2)54(3,4)5/h10-31,51H,32H2,1-9H3. The lowest BCUT2D eigenvalue weighted by atomic mass is 9.73. The first-order valence-corrected chi connectivity index (χ1v) is 21.3. The van der Waals surface area contributed by atoms with E-state index in [0.717, 1.165) is 34.0 Å². The Morgan fingerprint density at radius 1 is 0.542 bits per heavy atom. The number of para-hydroxylation sites is 2. The maximum absolute atomic E-state index is 6.87. The summed E-state index contributed by atoms with van der Waals surface area (Å²) in [5, 5.41) is 2.28. The molecule has 0 radical (unpaired) electrons. The van der Waals surface area contributed by atoms with Crippen molar-refractivity contribution < 1.29 is 4.42 Å². The van der Waals surface area contributed by atoms with Gasteiger partial charge in [0.1, 0.15) is 5.58 Å². The van der Waals surface area contributed by atoms with Crippen LogP contribution in [0.3, 0.4) is 0 Å². The van der Waals surface area contributed by atoms with Gasteiger partial charge in [0.15, 0.2) is 5.58 Å². The third-order valence-electron chi connectivity index (χ3n) is 13.7. The van der Waals surface area contributed by atoms with E-state index in [9.17, 15) is 0 Å². The molecule has 292 valence electrons. The molecular formula is C56H52N2O. The fourth-order valence-corrected chi connectivity index (χ4v) is 11.2. The minimum Gasteiger partial charge on any atom is -0.454 e. The Morgan fingerprint density at radius 2 is 1.20 bits per heavy atom. The van der Waals surface area contributed by atoms with Crippen LogP contribution in [0.25, 0.3) is 33.1 Å². The van der Waals surface area contributed by atoms with Crippen molar-refractivity contribution in [3.8, 4) is 11.1 Å². The highest BCUT2D eigenvalue weighted by Crippen LogP contribution is 2.64. The second-order valence-corrected chi connectivity index (χ2v) is 19.9. The lowest BCUT2D eigenvalue weighted by Crippen LogP contribution is -2.30. The summed E-state index contributed by atoms with van der Waals surface area (Å²) >= 11 is 0. The zero-order valence-corrected chi connectivity index (χ0v) is 35.8. The molecule has 8 aromatic rings. The predicted molar refractivity (Wildman–Crippen MR) is 248 cm³/mol. The number of anilines is 6. The van der Waals surface area contributed by atoms with E-state index in [-0.39, 0.29) is 22.2 Å². The summed E-state index contributed by atoms with van der Waals surface area (Å²) in [6.45, 7) is 21.2. The van der Waals surface area contributed by atoms with Crippen LogP contribution in [0, 0.1) is 13.8 Å². The number of furan rings is 1. The molecule has 11 rings (SSSR count). The van der Waals surface area contributed by atoms with Gasteiger partial charge in [-0.2, -0.15) is 0 Å². The Hall–Kier alpha value is -6.06. The molecule has 3 aliphatic rings.